The summed E-state index contributed by atoms with van der Waals surface area (Å²) in [5.41, 5.74) is 21.2. The molecule has 0 amide bonds. The summed E-state index contributed by atoms with van der Waals surface area (Å²) in [7, 11) is 0. The van der Waals surface area contributed by atoms with Gasteiger partial charge in [0.1, 0.15) is 0 Å². The van der Waals surface area contributed by atoms with E-state index >= 15 is 0 Å². The quantitative estimate of drug-likeness (QED) is 0.113. The molecule has 9 saturated carbocycles. The number of rotatable bonds is 11. The van der Waals surface area contributed by atoms with Crippen LogP contribution in [0.1, 0.15) is 230 Å². The van der Waals surface area contributed by atoms with Crippen LogP contribution in [0.4, 0.5) is 0 Å². The van der Waals surface area contributed by atoms with Crippen LogP contribution in [0.25, 0.3) is 134 Å². The Labute approximate surface area is 879 Å². The first-order chi connectivity index (χ1) is 73.7. The predicted octanol–water partition coefficient (Wildman–Crippen LogP) is 30.6. The molecule has 0 atom stereocenters. The van der Waals surface area contributed by atoms with Crippen LogP contribution in [-0.4, -0.2) is 44.9 Å². The van der Waals surface area contributed by atoms with Crippen molar-refractivity contribution < 1.29 is 104 Å². The third-order valence-corrected chi connectivity index (χ3v) is 28.5. The molecule has 0 saturated heterocycles. The molecule has 3 radical (unpaired) electrons. The van der Waals surface area contributed by atoms with E-state index in [1.165, 1.54) is 125 Å². The van der Waals surface area contributed by atoms with Crippen molar-refractivity contribution in [2.75, 3.05) is 0 Å². The number of pyridine rings is 9. The van der Waals surface area contributed by atoms with Crippen molar-refractivity contribution >= 4 is 66.2 Å². The van der Waals surface area contributed by atoms with E-state index in [1.54, 1.807) is 69.6 Å². The SMILES string of the molecule is Cc1ccc2c(n1)oc1c(-c3cc(C45CC6CC(CC(C6)C4)C5)ccn3)[c-]ccc12.[2H]C([2H])([2H])c1c[c-]c(-c2cc(C)c(C([2H])([2H])[2H])cn2)cc1.[2H]C([2H])([2H])c1c[c-]c(-c2cc(C)c(C([2H])([2H])[2H])cn2)cc1.[2H]C([2H])([2H])c1c[c-]c(-c2cc(C)c(C([2H])([2H])[2H])cn2)cc1.[2H]C([2H])(c1ccnc(-c2[c-]ccc3c2oc2nc(C)ccc23)c1)C1(C)CCCCC1.[2H]C([2H])(c1ccnc(-c2[c-]ccc3c2oc2nc(C)ccc23)c1)C12CC3CC(CC(C3)C1)C2.[Ir].[Ir].[Ir]. The Morgan fingerprint density at radius 2 is 0.693 bits per heavy atom. The van der Waals surface area contributed by atoms with Crippen LogP contribution in [-0.2, 0) is 78.5 Å². The molecule has 12 heterocycles. The Bertz CT molecular complexity index is 8000. The second kappa shape index (κ2) is 41.6. The van der Waals surface area contributed by atoms with Gasteiger partial charge in [-0.15, -0.1) is 161 Å². The molecule has 9 fully saturated rings. The minimum absolute atomic E-state index is 0. The summed E-state index contributed by atoms with van der Waals surface area (Å²) >= 11 is 0. The van der Waals surface area contributed by atoms with E-state index in [9.17, 15) is 2.74 Å². The number of fused-ring (bicyclic) bond motifs is 9. The summed E-state index contributed by atoms with van der Waals surface area (Å²) < 4.78 is 188. The van der Waals surface area contributed by atoms with E-state index in [2.05, 4.69) is 107 Å². The van der Waals surface area contributed by atoms with Gasteiger partial charge in [-0.3, -0.25) is 0 Å². The zero-order chi connectivity index (χ0) is 111. The largest absolute Gasteiger partial charge is 0.486 e. The molecule has 27 rings (SSSR count). The Balaban J connectivity index is 0.000000129. The van der Waals surface area contributed by atoms with Gasteiger partial charge in [-0.05, 0) is 328 Å². The first kappa shape index (κ1) is 73.2. The molecule has 0 unspecified atom stereocenters. The van der Waals surface area contributed by atoms with Crippen molar-refractivity contribution in [3.8, 4) is 67.5 Å². The molecule has 0 N–H and O–H groups in total. The van der Waals surface area contributed by atoms with Gasteiger partial charge in [0.25, 0.3) is 0 Å². The van der Waals surface area contributed by atoms with Crippen LogP contribution in [0.3, 0.4) is 0 Å². The Morgan fingerprint density at radius 3 is 1.04 bits per heavy atom. The van der Waals surface area contributed by atoms with Gasteiger partial charge < -0.3 is 43.2 Å². The van der Waals surface area contributed by atoms with Crippen LogP contribution in [0.2, 0.25) is 0 Å². The van der Waals surface area contributed by atoms with E-state index < -0.39 is 53.9 Å². The normalized spacial score (nSPS) is 23.1. The zero-order valence-electron chi connectivity index (χ0n) is 99.5. The fourth-order valence-corrected chi connectivity index (χ4v) is 22.6. The van der Waals surface area contributed by atoms with E-state index in [4.69, 9.17) is 45.7 Å². The predicted molar refractivity (Wildman–Crippen MR) is 542 cm³/mol. The van der Waals surface area contributed by atoms with Crippen molar-refractivity contribution in [1.29, 1.82) is 0 Å². The van der Waals surface area contributed by atoms with Crippen LogP contribution in [0, 0.1) is 165 Å². The molecule has 12 aromatic heterocycles. The van der Waals surface area contributed by atoms with Crippen molar-refractivity contribution in [3.63, 3.8) is 0 Å². The minimum Gasteiger partial charge on any atom is -0.486 e. The zero-order valence-corrected chi connectivity index (χ0v) is 84.7. The standard InChI is InChI=1S/C28H27N2O.C27H25N2O.C25H25N2O.3C14H14N.3Ir/c1-17-5-6-23-22-3-2-4-24(26(22)31-27(23)30-17)25-12-18(7-8-29-25)13-28-14-19-9-20(15-28)11-21(10-19)16-28;1-16-5-6-22-21-3-2-4-23(25(21)30-26(22)29-16)24-12-20(7-8-28-24)27-13-17-9-18(14-27)11-19(10-17)15-27;1-17-9-10-20-19-7-6-8-21(23(19)28-24(20)27-17)22-15-18(11-14-26-22)16-25(2)12-4-3-5-13-25;3*1-10-4-6-13(7-5-10)14-8-11(2)12(3)9-15-14;;;/h2-3,5-8,12,19-21H,9-11,13-16H2,1H3;2-3,5-8,12,17-19H,9-11,13-15H2,1H3;6-7,9-11,14-15H,3-5,12-13,16H2,1-2H3;3*4-6,8-9H,1-3H3;;;/q6*-1;;;/i13D2;;16D2;3*1D3,3D3;;;. The molecule has 8 bridgehead atoms. The molecule has 0 aliphatic heterocycles. The van der Waals surface area contributed by atoms with Crippen LogP contribution >= 0.6 is 0 Å². The van der Waals surface area contributed by atoms with Crippen LogP contribution in [0.5, 0.6) is 0 Å². The molecular weight excluding hydrogens is 2220 g/mol. The molecule has 9 aliphatic carbocycles. The van der Waals surface area contributed by atoms with Gasteiger partial charge in [0, 0.05) is 161 Å². The number of nitrogens with zero attached hydrogens (tertiary/aromatic N) is 9. The molecule has 12 nitrogen and oxygen atoms in total. The maximum Gasteiger partial charge on any atom is 0.216 e. The Hall–Kier alpha value is -11.0. The third-order valence-electron chi connectivity index (χ3n) is 28.5. The van der Waals surface area contributed by atoms with Gasteiger partial charge >= 0.3 is 0 Å². The van der Waals surface area contributed by atoms with E-state index in [0.717, 1.165) is 146 Å². The Morgan fingerprint density at radius 1 is 0.343 bits per heavy atom. The molecule has 137 heavy (non-hydrogen) atoms. The van der Waals surface area contributed by atoms with Gasteiger partial charge in [-0.1, -0.05) is 144 Å². The number of furan rings is 3. The van der Waals surface area contributed by atoms with Crippen LogP contribution < -0.4 is 0 Å². The molecular formula is C122H119Ir3N9O3-6. The topological polar surface area (TPSA) is 155 Å². The smallest absolute Gasteiger partial charge is 0.216 e. The fourth-order valence-electron chi connectivity index (χ4n) is 22.6. The van der Waals surface area contributed by atoms with Crippen molar-refractivity contribution in [2.45, 2.75) is 217 Å². The second-order valence-corrected chi connectivity index (χ2v) is 38.7. The minimum atomic E-state index is -2.19. The van der Waals surface area contributed by atoms with Gasteiger partial charge in [0.15, 0.2) is 0 Å². The molecule has 9 aliphatic rings. The average molecular weight is 2360 g/mol. The second-order valence-electron chi connectivity index (χ2n) is 38.7. The third kappa shape index (κ3) is 21.4. The average Bonchev–Trinajstić information content (AvgIpc) is 1.32. The number of aryl methyl sites for hydroxylation is 12. The summed E-state index contributed by atoms with van der Waals surface area (Å²) in [6.45, 7) is 0.0608. The van der Waals surface area contributed by atoms with Crippen molar-refractivity contribution in [3.05, 3.63) is 339 Å². The summed E-state index contributed by atoms with van der Waals surface area (Å²) in [5, 5.41) is 6.05. The molecule has 15 heteroatoms. The maximum atomic E-state index is 9.37. The van der Waals surface area contributed by atoms with Crippen molar-refractivity contribution in [2.24, 2.45) is 46.3 Å². The van der Waals surface area contributed by atoms with Gasteiger partial charge in [0.05, 0.1) is 16.7 Å². The van der Waals surface area contributed by atoms with Gasteiger partial charge in [-0.25, -0.2) is 15.0 Å². The number of benzene rings is 6. The Kier molecular flexibility index (Phi) is 22.2. The summed E-state index contributed by atoms with van der Waals surface area (Å²) in [5.74, 6) is 4.94. The summed E-state index contributed by atoms with van der Waals surface area (Å²) in [6, 6.07) is 73.4. The van der Waals surface area contributed by atoms with Gasteiger partial charge in [-0.2, -0.15) is 0 Å². The summed E-state index contributed by atoms with van der Waals surface area (Å²) in [4.78, 5) is 40.0. The first-order valence-corrected chi connectivity index (χ1v) is 46.8. The molecule has 18 aromatic rings. The van der Waals surface area contributed by atoms with E-state index in [0.29, 0.717) is 119 Å². The number of aromatic nitrogens is 9. The van der Waals surface area contributed by atoms with E-state index in [-0.39, 0.29) is 105 Å². The van der Waals surface area contributed by atoms with Crippen LogP contribution in [0.15, 0.2) is 232 Å². The molecule has 6 aromatic carbocycles. The van der Waals surface area contributed by atoms with Gasteiger partial charge in [0.2, 0.25) is 17.1 Å². The monoisotopic (exact) mass is 2360 g/mol. The van der Waals surface area contributed by atoms with Crippen molar-refractivity contribution in [1.82, 2.24) is 44.9 Å². The number of hydrogen-bond acceptors (Lipinski definition) is 12. The summed E-state index contributed by atoms with van der Waals surface area (Å²) in [6.07, 6.45) is 27.4. The molecule has 0 spiro atoms. The fraction of sp³-hybridized carbons (Fsp3) is 0.336. The number of hydrogen-bond donors (Lipinski definition) is 0. The maximum absolute atomic E-state index is 9.37. The molecule has 703 valence electrons. The van der Waals surface area contributed by atoms with E-state index in [1.807, 2.05) is 112 Å². The first-order valence-electron chi connectivity index (χ1n) is 57.8.